The first-order valence-electron chi connectivity index (χ1n) is 8.75. The van der Waals surface area contributed by atoms with Crippen molar-refractivity contribution in [3.05, 3.63) is 54.6 Å². The molecular weight excluding hydrogens is 332 g/mol. The van der Waals surface area contributed by atoms with E-state index in [1.165, 1.54) is 6.33 Å². The molecule has 5 rings (SSSR count). The highest BCUT2D eigenvalue weighted by Gasteiger charge is 2.48. The first kappa shape index (κ1) is 16.5. The fourth-order valence-electron chi connectivity index (χ4n) is 4.11. The van der Waals surface area contributed by atoms with Crippen LogP contribution >= 0.6 is 0 Å². The van der Waals surface area contributed by atoms with E-state index in [2.05, 4.69) is 15.4 Å². The summed E-state index contributed by atoms with van der Waals surface area (Å²) in [6.07, 6.45) is 8.83. The summed E-state index contributed by atoms with van der Waals surface area (Å²) in [6, 6.07) is 7.49. The summed E-state index contributed by atoms with van der Waals surface area (Å²) in [5.74, 6) is -2.27. The lowest BCUT2D eigenvalue weighted by Gasteiger charge is -2.41. The summed E-state index contributed by atoms with van der Waals surface area (Å²) in [7, 11) is 0. The van der Waals surface area contributed by atoms with Crippen molar-refractivity contribution in [1.29, 1.82) is 0 Å². The Hall–Kier alpha value is -2.96. The van der Waals surface area contributed by atoms with Crippen LogP contribution in [0.5, 0.6) is 0 Å². The molecule has 2 bridgehead atoms. The van der Waals surface area contributed by atoms with Gasteiger partial charge in [0.2, 0.25) is 5.91 Å². The number of hydrogen-bond donors (Lipinski definition) is 2. The monoisotopic (exact) mass is 352 g/mol. The fraction of sp³-hybridized carbons (Fsp3) is 0.368. The minimum absolute atomic E-state index is 0.00712. The first-order chi connectivity index (χ1) is 12.6. The molecule has 0 unspecified atom stereocenters. The number of nitrogens with one attached hydrogen (secondary N) is 1. The van der Waals surface area contributed by atoms with E-state index in [1.54, 1.807) is 11.0 Å². The van der Waals surface area contributed by atoms with Crippen LogP contribution in [0, 0.1) is 23.7 Å². The van der Waals surface area contributed by atoms with Gasteiger partial charge in [0.05, 0.1) is 18.4 Å². The van der Waals surface area contributed by atoms with Crippen molar-refractivity contribution in [1.82, 2.24) is 14.8 Å². The van der Waals surface area contributed by atoms with Gasteiger partial charge in [-0.25, -0.2) is 9.67 Å². The minimum Gasteiger partial charge on any atom is -0.481 e. The van der Waals surface area contributed by atoms with Crippen LogP contribution in [0.25, 0.3) is 0 Å². The predicted molar refractivity (Wildman–Crippen MR) is 94.2 cm³/mol. The maximum absolute atomic E-state index is 12.8. The third kappa shape index (κ3) is 3.12. The molecule has 0 aliphatic heterocycles. The quantitative estimate of drug-likeness (QED) is 0.804. The highest BCUT2D eigenvalue weighted by molar-refractivity contribution is 5.96. The molecule has 2 aromatic rings. The number of allylic oxidation sites excluding steroid dienone is 2. The molecule has 1 aromatic carbocycles. The number of hydrogen-bond acceptors (Lipinski definition) is 4. The lowest BCUT2D eigenvalue weighted by Crippen LogP contribution is -2.47. The van der Waals surface area contributed by atoms with Crippen molar-refractivity contribution >= 4 is 17.6 Å². The van der Waals surface area contributed by atoms with Crippen LogP contribution in [0.2, 0.25) is 0 Å². The van der Waals surface area contributed by atoms with Gasteiger partial charge < -0.3 is 10.4 Å². The van der Waals surface area contributed by atoms with E-state index in [1.807, 2.05) is 36.4 Å². The van der Waals surface area contributed by atoms with Crippen molar-refractivity contribution < 1.29 is 14.7 Å². The maximum Gasteiger partial charge on any atom is 0.307 e. The minimum atomic E-state index is -0.882. The van der Waals surface area contributed by atoms with Crippen LogP contribution < -0.4 is 5.32 Å². The Balaban J connectivity index is 1.45. The van der Waals surface area contributed by atoms with Crippen molar-refractivity contribution in [3.8, 4) is 0 Å². The molecule has 26 heavy (non-hydrogen) atoms. The fourth-order valence-corrected chi connectivity index (χ4v) is 4.11. The molecule has 7 nitrogen and oxygen atoms in total. The van der Waals surface area contributed by atoms with E-state index >= 15 is 0 Å². The molecule has 1 heterocycles. The van der Waals surface area contributed by atoms with Gasteiger partial charge in [-0.3, -0.25) is 9.59 Å². The number of carbonyl (C=O) groups excluding carboxylic acids is 1. The van der Waals surface area contributed by atoms with Gasteiger partial charge in [-0.15, -0.1) is 0 Å². The number of aliphatic carboxylic acids is 1. The zero-order valence-corrected chi connectivity index (χ0v) is 14.2. The summed E-state index contributed by atoms with van der Waals surface area (Å²) in [5, 5.41) is 16.5. The van der Waals surface area contributed by atoms with E-state index < -0.39 is 17.8 Å². The largest absolute Gasteiger partial charge is 0.481 e. The summed E-state index contributed by atoms with van der Waals surface area (Å²) in [4.78, 5) is 28.4. The average Bonchev–Trinajstić information content (AvgIpc) is 3.16. The Kier molecular flexibility index (Phi) is 4.28. The molecule has 1 amide bonds. The Morgan fingerprint density at radius 3 is 2.38 bits per heavy atom. The van der Waals surface area contributed by atoms with Gasteiger partial charge in [0.25, 0.3) is 0 Å². The van der Waals surface area contributed by atoms with Gasteiger partial charge in [-0.1, -0.05) is 24.3 Å². The first-order valence-corrected chi connectivity index (χ1v) is 8.75. The Bertz CT molecular complexity index is 829. The Morgan fingerprint density at radius 1 is 1.12 bits per heavy atom. The lowest BCUT2D eigenvalue weighted by atomic mass is 9.62. The third-order valence-corrected chi connectivity index (χ3v) is 5.37. The van der Waals surface area contributed by atoms with Crippen LogP contribution in [-0.4, -0.2) is 31.7 Å². The predicted octanol–water partition coefficient (Wildman–Crippen LogP) is 2.18. The van der Waals surface area contributed by atoms with Crippen LogP contribution in [-0.2, 0) is 16.1 Å². The highest BCUT2D eigenvalue weighted by Crippen LogP contribution is 2.45. The number of nitrogens with zero attached hydrogens (tertiary/aromatic N) is 3. The average molecular weight is 352 g/mol. The third-order valence-electron chi connectivity index (χ3n) is 5.37. The molecule has 7 heteroatoms. The Morgan fingerprint density at radius 2 is 1.81 bits per heavy atom. The zero-order chi connectivity index (χ0) is 18.1. The van der Waals surface area contributed by atoms with E-state index in [9.17, 15) is 14.7 Å². The molecule has 3 aliphatic carbocycles. The number of amides is 1. The number of carbonyl (C=O) groups is 2. The van der Waals surface area contributed by atoms with Crippen molar-refractivity contribution in [2.45, 2.75) is 19.4 Å². The van der Waals surface area contributed by atoms with E-state index in [0.29, 0.717) is 12.2 Å². The number of benzene rings is 1. The summed E-state index contributed by atoms with van der Waals surface area (Å²) < 4.78 is 1.72. The molecule has 0 radical (unpaired) electrons. The standard InChI is InChI=1S/C19H20N4O3/c24-18(16-13-3-5-14(6-4-13)17(16)19(25)26)22-15-7-1-12(2-8-15)9-23-11-20-10-21-23/h1-3,5,7-8,10-11,13-14,16-17H,4,6,9H2,(H,22,24)(H,25,26)/t13-,14+,16-,17-/m0/s1. The second-order valence-electron chi connectivity index (χ2n) is 6.96. The molecule has 134 valence electrons. The van der Waals surface area contributed by atoms with Crippen LogP contribution in [0.3, 0.4) is 0 Å². The number of rotatable bonds is 5. The highest BCUT2D eigenvalue weighted by atomic mass is 16.4. The second kappa shape index (κ2) is 6.74. The molecule has 1 saturated carbocycles. The topological polar surface area (TPSA) is 97.1 Å². The van der Waals surface area contributed by atoms with E-state index in [0.717, 1.165) is 18.4 Å². The van der Waals surface area contributed by atoms with Gasteiger partial charge in [-0.2, -0.15) is 5.10 Å². The van der Waals surface area contributed by atoms with Gasteiger partial charge in [-0.05, 0) is 42.4 Å². The van der Waals surface area contributed by atoms with Crippen LogP contribution in [0.4, 0.5) is 5.69 Å². The molecular formula is C19H20N4O3. The molecule has 1 fully saturated rings. The molecule has 1 aromatic heterocycles. The van der Waals surface area contributed by atoms with Crippen molar-refractivity contribution in [2.24, 2.45) is 23.7 Å². The van der Waals surface area contributed by atoms with Crippen molar-refractivity contribution in [2.75, 3.05) is 5.32 Å². The normalized spacial score (nSPS) is 26.6. The van der Waals surface area contributed by atoms with Crippen LogP contribution in [0.1, 0.15) is 18.4 Å². The number of carboxylic acid groups (broad SMARTS) is 1. The molecule has 0 spiro atoms. The summed E-state index contributed by atoms with van der Waals surface area (Å²) >= 11 is 0. The summed E-state index contributed by atoms with van der Waals surface area (Å²) in [5.41, 5.74) is 1.71. The van der Waals surface area contributed by atoms with Gasteiger partial charge >= 0.3 is 5.97 Å². The van der Waals surface area contributed by atoms with E-state index in [-0.39, 0.29) is 17.7 Å². The second-order valence-corrected chi connectivity index (χ2v) is 6.96. The Labute approximate surface area is 150 Å². The van der Waals surface area contributed by atoms with Gasteiger partial charge in [0.15, 0.2) is 0 Å². The number of anilines is 1. The van der Waals surface area contributed by atoms with Crippen molar-refractivity contribution in [3.63, 3.8) is 0 Å². The SMILES string of the molecule is O=C(O)[C@@H]1[C@@H](C(=O)Nc2ccc(Cn3cncn3)cc2)[C@H]2C=C[C@@H]1CC2. The molecule has 3 aliphatic rings. The van der Waals surface area contributed by atoms with Gasteiger partial charge in [0, 0.05) is 5.69 Å². The molecule has 0 saturated heterocycles. The number of fused-ring (bicyclic) bond motifs is 2. The zero-order valence-electron chi connectivity index (χ0n) is 14.2. The number of aromatic nitrogens is 3. The smallest absolute Gasteiger partial charge is 0.307 e. The maximum atomic E-state index is 12.8. The summed E-state index contributed by atoms with van der Waals surface area (Å²) in [6.45, 7) is 0.604. The molecule has 2 N–H and O–H groups in total. The van der Waals surface area contributed by atoms with Gasteiger partial charge in [0.1, 0.15) is 12.7 Å². The van der Waals surface area contributed by atoms with Crippen LogP contribution in [0.15, 0.2) is 49.1 Å². The van der Waals surface area contributed by atoms with E-state index in [4.69, 9.17) is 0 Å². The molecule has 4 atom stereocenters. The number of carboxylic acids is 1. The lowest BCUT2D eigenvalue weighted by molar-refractivity contribution is -0.151.